The molecule has 0 fully saturated rings. The van der Waals surface area contributed by atoms with Crippen molar-refractivity contribution in [3.8, 4) is 6.07 Å². The zero-order chi connectivity index (χ0) is 29.3. The Morgan fingerprint density at radius 3 is 2.35 bits per heavy atom. The lowest BCUT2D eigenvalue weighted by molar-refractivity contribution is -0.141. The van der Waals surface area contributed by atoms with E-state index in [0.29, 0.717) is 17.7 Å². The van der Waals surface area contributed by atoms with E-state index in [0.717, 1.165) is 12.1 Å². The third kappa shape index (κ3) is 7.12. The van der Waals surface area contributed by atoms with Crippen molar-refractivity contribution in [3.05, 3.63) is 88.1 Å². The fourth-order valence-electron chi connectivity index (χ4n) is 4.15. The molecule has 40 heavy (non-hydrogen) atoms. The minimum atomic E-state index is -4.61. The molecular weight excluding hydrogens is 531 g/mol. The van der Waals surface area contributed by atoms with E-state index in [1.54, 1.807) is 31.2 Å². The molecule has 1 atom stereocenters. The lowest BCUT2D eigenvalue weighted by atomic mass is 9.84. The van der Waals surface area contributed by atoms with E-state index in [-0.39, 0.29) is 55.2 Å². The normalized spacial score (nSPS) is 15.7. The molecule has 0 amide bonds. The summed E-state index contributed by atoms with van der Waals surface area (Å²) in [6.45, 7) is 1.83. The van der Waals surface area contributed by atoms with Crippen LogP contribution in [0.15, 0.2) is 71.4 Å². The molecule has 0 saturated carbocycles. The molecule has 12 heteroatoms. The van der Waals surface area contributed by atoms with Gasteiger partial charge in [0.05, 0.1) is 48.5 Å². The number of benzene rings is 2. The highest BCUT2D eigenvalue weighted by Crippen LogP contribution is 2.44. The van der Waals surface area contributed by atoms with E-state index in [1.165, 1.54) is 31.3 Å². The molecular formula is C28H30F3N3O6. The maximum Gasteiger partial charge on any atom is 0.416 e. The highest BCUT2D eigenvalue weighted by Gasteiger charge is 2.40. The number of nitrogens with two attached hydrogens (primary N) is 1. The molecule has 1 unspecified atom stereocenters. The number of carbonyl (C=O) groups is 1. The van der Waals surface area contributed by atoms with Crippen LogP contribution >= 0.6 is 0 Å². The average molecular weight is 562 g/mol. The molecule has 2 aromatic carbocycles. The van der Waals surface area contributed by atoms with Crippen LogP contribution in [0.4, 0.5) is 18.9 Å². The number of methoxy groups -OCH3 is 2. The number of anilines is 1. The van der Waals surface area contributed by atoms with Crippen LogP contribution in [0.3, 0.4) is 0 Å². The number of ether oxygens (including phenoxy) is 5. The van der Waals surface area contributed by atoms with Crippen molar-refractivity contribution in [2.75, 3.05) is 52.3 Å². The Hall–Kier alpha value is -4.05. The summed E-state index contributed by atoms with van der Waals surface area (Å²) in [5, 5.41) is 9.25. The molecule has 214 valence electrons. The minimum absolute atomic E-state index is 0.0463. The van der Waals surface area contributed by atoms with Gasteiger partial charge in [0, 0.05) is 25.6 Å². The number of carbonyl (C=O) groups excluding carboxylic acids is 1. The number of nitriles is 1. The van der Waals surface area contributed by atoms with Crippen LogP contribution in [-0.4, -0.2) is 53.4 Å². The van der Waals surface area contributed by atoms with Gasteiger partial charge >= 0.3 is 12.1 Å². The van der Waals surface area contributed by atoms with E-state index < -0.39 is 23.6 Å². The zero-order valence-corrected chi connectivity index (χ0v) is 22.3. The highest BCUT2D eigenvalue weighted by atomic mass is 19.4. The van der Waals surface area contributed by atoms with Crippen LogP contribution in [0, 0.1) is 11.3 Å². The first-order valence-corrected chi connectivity index (χ1v) is 12.2. The quantitative estimate of drug-likeness (QED) is 0.229. The SMILES string of the molecule is COCCOCOC1=C(N)N(c2cccc(C(F)(F)F)c2)C(C)=C(C(=O)OCCOC)C1c1ccc(C#N)cc1. The third-order valence-corrected chi connectivity index (χ3v) is 6.04. The second-order valence-electron chi connectivity index (χ2n) is 8.59. The van der Waals surface area contributed by atoms with Crippen LogP contribution in [0.2, 0.25) is 0 Å². The Labute approximate surface area is 230 Å². The number of rotatable bonds is 12. The smallest absolute Gasteiger partial charge is 0.416 e. The summed E-state index contributed by atoms with van der Waals surface area (Å²) in [6.07, 6.45) is -4.61. The summed E-state index contributed by atoms with van der Waals surface area (Å²) >= 11 is 0. The van der Waals surface area contributed by atoms with Gasteiger partial charge in [-0.15, -0.1) is 0 Å². The second kappa shape index (κ2) is 13.8. The maximum atomic E-state index is 13.6. The van der Waals surface area contributed by atoms with Crippen LogP contribution in [0.25, 0.3) is 0 Å². The number of halogens is 3. The standard InChI is InChI=1S/C28H30F3N3O6/c1-18-23(27(35)39-14-12-37-3)24(20-9-7-19(16-32)8-10-20)25(40-17-38-13-11-36-2)26(33)34(18)22-6-4-5-21(15-22)28(29,30)31/h4-10,15,24H,11-14,17,33H2,1-3H3. The number of hydrogen-bond acceptors (Lipinski definition) is 9. The lowest BCUT2D eigenvalue weighted by Crippen LogP contribution is -2.38. The van der Waals surface area contributed by atoms with Gasteiger partial charge in [-0.2, -0.15) is 18.4 Å². The van der Waals surface area contributed by atoms with Crippen LogP contribution in [0.5, 0.6) is 0 Å². The Morgan fingerprint density at radius 1 is 1.05 bits per heavy atom. The van der Waals surface area contributed by atoms with Gasteiger partial charge in [-0.05, 0) is 42.8 Å². The van der Waals surface area contributed by atoms with Gasteiger partial charge in [0.2, 0.25) is 0 Å². The lowest BCUT2D eigenvalue weighted by Gasteiger charge is -2.37. The van der Waals surface area contributed by atoms with Crippen molar-refractivity contribution in [1.29, 1.82) is 5.26 Å². The molecule has 0 aliphatic carbocycles. The first-order valence-electron chi connectivity index (χ1n) is 12.2. The Bertz CT molecular complexity index is 1290. The molecule has 0 radical (unpaired) electrons. The largest absolute Gasteiger partial charge is 0.467 e. The van der Waals surface area contributed by atoms with Gasteiger partial charge in [-0.25, -0.2) is 4.79 Å². The van der Waals surface area contributed by atoms with Gasteiger partial charge in [-0.3, -0.25) is 4.90 Å². The van der Waals surface area contributed by atoms with Gasteiger partial charge in [0.1, 0.15) is 12.4 Å². The molecule has 0 saturated heterocycles. The summed E-state index contributed by atoms with van der Waals surface area (Å²) in [4.78, 5) is 14.8. The van der Waals surface area contributed by atoms with Crippen LogP contribution < -0.4 is 10.6 Å². The van der Waals surface area contributed by atoms with Crippen molar-refractivity contribution >= 4 is 11.7 Å². The number of esters is 1. The molecule has 9 nitrogen and oxygen atoms in total. The fourth-order valence-corrected chi connectivity index (χ4v) is 4.15. The maximum absolute atomic E-state index is 13.6. The number of allylic oxidation sites excluding steroid dienone is 2. The molecule has 0 spiro atoms. The topological polar surface area (TPSA) is 116 Å². The molecule has 3 rings (SSSR count). The summed E-state index contributed by atoms with van der Waals surface area (Å²) < 4.78 is 67.5. The van der Waals surface area contributed by atoms with Crippen LogP contribution in [-0.2, 0) is 34.7 Å². The predicted octanol–water partition coefficient (Wildman–Crippen LogP) is 4.41. The molecule has 1 heterocycles. The molecule has 1 aliphatic rings. The summed E-state index contributed by atoms with van der Waals surface area (Å²) in [7, 11) is 2.96. The average Bonchev–Trinajstić information content (AvgIpc) is 2.93. The molecule has 0 aromatic heterocycles. The summed E-state index contributed by atoms with van der Waals surface area (Å²) in [5.41, 5.74) is 6.99. The van der Waals surface area contributed by atoms with Crippen molar-refractivity contribution in [1.82, 2.24) is 0 Å². The minimum Gasteiger partial charge on any atom is -0.467 e. The Balaban J connectivity index is 2.19. The van der Waals surface area contributed by atoms with Crippen molar-refractivity contribution in [2.45, 2.75) is 19.0 Å². The van der Waals surface area contributed by atoms with Crippen molar-refractivity contribution in [3.63, 3.8) is 0 Å². The van der Waals surface area contributed by atoms with Gasteiger partial charge in [0.15, 0.2) is 12.6 Å². The van der Waals surface area contributed by atoms with Crippen molar-refractivity contribution < 1.29 is 41.7 Å². The van der Waals surface area contributed by atoms with Crippen molar-refractivity contribution in [2.24, 2.45) is 5.73 Å². The monoisotopic (exact) mass is 561 g/mol. The van der Waals surface area contributed by atoms with Gasteiger partial charge in [-0.1, -0.05) is 18.2 Å². The molecule has 1 aliphatic heterocycles. The second-order valence-corrected chi connectivity index (χ2v) is 8.59. The summed E-state index contributed by atoms with van der Waals surface area (Å²) in [6, 6.07) is 13.0. The first kappa shape index (κ1) is 30.5. The first-order chi connectivity index (χ1) is 19.1. The van der Waals surface area contributed by atoms with E-state index in [4.69, 9.17) is 29.4 Å². The van der Waals surface area contributed by atoms with Gasteiger partial charge in [0.25, 0.3) is 0 Å². The molecule has 0 bridgehead atoms. The number of alkyl halides is 3. The van der Waals surface area contributed by atoms with E-state index in [2.05, 4.69) is 0 Å². The molecule has 2 aromatic rings. The van der Waals surface area contributed by atoms with Gasteiger partial charge < -0.3 is 29.4 Å². The Kier molecular flexibility index (Phi) is 10.6. The van der Waals surface area contributed by atoms with E-state index in [1.807, 2.05) is 6.07 Å². The fraction of sp³-hybridized carbons (Fsp3) is 0.357. The van der Waals surface area contributed by atoms with E-state index >= 15 is 0 Å². The summed E-state index contributed by atoms with van der Waals surface area (Å²) in [5.74, 6) is -1.65. The number of hydrogen-bond donors (Lipinski definition) is 1. The van der Waals surface area contributed by atoms with Crippen LogP contribution in [0.1, 0.15) is 29.5 Å². The third-order valence-electron chi connectivity index (χ3n) is 6.04. The zero-order valence-electron chi connectivity index (χ0n) is 22.3. The highest BCUT2D eigenvalue weighted by molar-refractivity contribution is 5.94. The van der Waals surface area contributed by atoms with E-state index in [9.17, 15) is 23.2 Å². The number of nitrogens with zero attached hydrogens (tertiary/aromatic N) is 2. The predicted molar refractivity (Wildman–Crippen MR) is 138 cm³/mol. The molecule has 2 N–H and O–H groups in total. The Morgan fingerprint density at radius 2 is 1.73 bits per heavy atom.